The molecule has 1 unspecified atom stereocenters. The van der Waals surface area contributed by atoms with Gasteiger partial charge in [0.25, 0.3) is 5.92 Å². The van der Waals surface area contributed by atoms with Gasteiger partial charge in [-0.05, 0) is 6.92 Å². The zero-order chi connectivity index (χ0) is 10.1. The lowest BCUT2D eigenvalue weighted by molar-refractivity contribution is -0.185. The number of carbonyl (C=O) groups is 1. The van der Waals surface area contributed by atoms with Crippen LogP contribution in [0.3, 0.4) is 0 Å². The molecule has 1 aliphatic heterocycles. The van der Waals surface area contributed by atoms with Gasteiger partial charge in [0.05, 0.1) is 7.11 Å². The Morgan fingerprint density at radius 2 is 2.15 bits per heavy atom. The minimum absolute atomic E-state index is 0.0350. The third-order valence-electron chi connectivity index (χ3n) is 2.54. The molecule has 0 saturated carbocycles. The summed E-state index contributed by atoms with van der Waals surface area (Å²) in [4.78, 5) is 11.2. The smallest absolute Gasteiger partial charge is 0.318 e. The molecule has 1 saturated heterocycles. The summed E-state index contributed by atoms with van der Waals surface area (Å²) >= 11 is 0. The van der Waals surface area contributed by atoms with Crippen LogP contribution in [-0.4, -0.2) is 32.1 Å². The van der Waals surface area contributed by atoms with Gasteiger partial charge in [0.1, 0.15) is 5.41 Å². The van der Waals surface area contributed by atoms with Crippen LogP contribution in [0, 0.1) is 5.41 Å². The topological polar surface area (TPSA) is 38.3 Å². The normalized spacial score (nSPS) is 32.6. The lowest BCUT2D eigenvalue weighted by Crippen LogP contribution is -2.57. The van der Waals surface area contributed by atoms with Crippen molar-refractivity contribution in [1.29, 1.82) is 0 Å². The van der Waals surface area contributed by atoms with Crippen molar-refractivity contribution in [3.05, 3.63) is 0 Å². The Balaban J connectivity index is 2.90. The first kappa shape index (κ1) is 10.4. The number of halogens is 2. The molecule has 1 rings (SSSR count). The van der Waals surface area contributed by atoms with E-state index in [1.165, 1.54) is 6.92 Å². The molecule has 0 aromatic rings. The molecule has 1 heterocycles. The largest absolute Gasteiger partial charge is 0.468 e. The first-order valence-electron chi connectivity index (χ1n) is 4.11. The van der Waals surface area contributed by atoms with Crippen LogP contribution in [0.15, 0.2) is 0 Å². The fourth-order valence-corrected chi connectivity index (χ4v) is 1.44. The van der Waals surface area contributed by atoms with Gasteiger partial charge in [0.15, 0.2) is 0 Å². The van der Waals surface area contributed by atoms with Crippen LogP contribution in [0.5, 0.6) is 0 Å². The number of hydrogen-bond donors (Lipinski definition) is 1. The predicted molar refractivity (Wildman–Crippen MR) is 42.6 cm³/mol. The molecule has 0 bridgehead atoms. The van der Waals surface area contributed by atoms with Crippen LogP contribution < -0.4 is 5.32 Å². The summed E-state index contributed by atoms with van der Waals surface area (Å²) in [6.45, 7) is 1.43. The number of rotatable bonds is 1. The van der Waals surface area contributed by atoms with E-state index >= 15 is 0 Å². The molecule has 0 radical (unpaired) electrons. The van der Waals surface area contributed by atoms with E-state index in [9.17, 15) is 13.6 Å². The monoisotopic (exact) mass is 193 g/mol. The maximum atomic E-state index is 13.3. The summed E-state index contributed by atoms with van der Waals surface area (Å²) in [6.07, 6.45) is -0.321. The lowest BCUT2D eigenvalue weighted by Gasteiger charge is -2.38. The van der Waals surface area contributed by atoms with Crippen LogP contribution in [0.2, 0.25) is 0 Å². The van der Waals surface area contributed by atoms with Crippen LogP contribution in [0.1, 0.15) is 13.3 Å². The van der Waals surface area contributed by atoms with Gasteiger partial charge in [-0.3, -0.25) is 4.79 Å². The second kappa shape index (κ2) is 3.21. The van der Waals surface area contributed by atoms with Crippen molar-refractivity contribution in [1.82, 2.24) is 5.32 Å². The van der Waals surface area contributed by atoms with Gasteiger partial charge in [-0.25, -0.2) is 8.78 Å². The molecule has 0 aliphatic carbocycles. The van der Waals surface area contributed by atoms with Gasteiger partial charge < -0.3 is 10.1 Å². The Labute approximate surface area is 75.4 Å². The van der Waals surface area contributed by atoms with E-state index in [4.69, 9.17) is 0 Å². The highest BCUT2D eigenvalue weighted by molar-refractivity contribution is 5.78. The highest BCUT2D eigenvalue weighted by atomic mass is 19.3. The second-order valence-corrected chi connectivity index (χ2v) is 3.45. The molecule has 0 aromatic heterocycles. The number of alkyl halides is 2. The number of esters is 1. The van der Waals surface area contributed by atoms with Crippen LogP contribution in [0.25, 0.3) is 0 Å². The van der Waals surface area contributed by atoms with E-state index in [1.807, 2.05) is 0 Å². The zero-order valence-electron chi connectivity index (χ0n) is 7.69. The first-order valence-corrected chi connectivity index (χ1v) is 4.11. The SMILES string of the molecule is COC(=O)C1(C)CNCCC1(F)F. The molecule has 3 nitrogen and oxygen atoms in total. The van der Waals surface area contributed by atoms with E-state index in [-0.39, 0.29) is 19.5 Å². The van der Waals surface area contributed by atoms with Crippen LogP contribution in [-0.2, 0) is 9.53 Å². The second-order valence-electron chi connectivity index (χ2n) is 3.45. The summed E-state index contributed by atoms with van der Waals surface area (Å²) in [5.41, 5.74) is -1.72. The number of ether oxygens (including phenoxy) is 1. The summed E-state index contributed by atoms with van der Waals surface area (Å²) < 4.78 is 31.1. The summed E-state index contributed by atoms with van der Waals surface area (Å²) in [5.74, 6) is -3.84. The van der Waals surface area contributed by atoms with Crippen LogP contribution >= 0.6 is 0 Å². The summed E-state index contributed by atoms with van der Waals surface area (Å²) in [5, 5.41) is 2.77. The van der Waals surface area contributed by atoms with Crippen molar-refractivity contribution in [3.8, 4) is 0 Å². The zero-order valence-corrected chi connectivity index (χ0v) is 7.69. The van der Waals surface area contributed by atoms with Gasteiger partial charge >= 0.3 is 5.97 Å². The summed E-state index contributed by atoms with van der Waals surface area (Å²) in [6, 6.07) is 0. The van der Waals surface area contributed by atoms with Crippen molar-refractivity contribution < 1.29 is 18.3 Å². The van der Waals surface area contributed by atoms with Crippen molar-refractivity contribution >= 4 is 5.97 Å². The quantitative estimate of drug-likeness (QED) is 0.626. The molecule has 1 fully saturated rings. The molecule has 1 aliphatic rings. The van der Waals surface area contributed by atoms with E-state index in [0.29, 0.717) is 0 Å². The van der Waals surface area contributed by atoms with E-state index in [2.05, 4.69) is 10.1 Å². The maximum absolute atomic E-state index is 13.3. The molecular formula is C8H13F2NO2. The standard InChI is InChI=1S/C8H13F2NO2/c1-7(6(12)13-2)5-11-4-3-8(7,9)10/h11H,3-5H2,1-2H3. The third-order valence-corrected chi connectivity index (χ3v) is 2.54. The van der Waals surface area contributed by atoms with Gasteiger partial charge in [0.2, 0.25) is 0 Å². The maximum Gasteiger partial charge on any atom is 0.318 e. The Kier molecular flexibility index (Phi) is 2.56. The van der Waals surface area contributed by atoms with Crippen LogP contribution in [0.4, 0.5) is 8.78 Å². The summed E-state index contributed by atoms with van der Waals surface area (Å²) in [7, 11) is 1.12. The molecule has 1 N–H and O–H groups in total. The molecule has 0 spiro atoms. The minimum Gasteiger partial charge on any atom is -0.468 e. The Morgan fingerprint density at radius 3 is 2.62 bits per heavy atom. The van der Waals surface area contributed by atoms with E-state index in [1.54, 1.807) is 0 Å². The Morgan fingerprint density at radius 1 is 1.54 bits per heavy atom. The number of piperidine rings is 1. The Bertz CT molecular complexity index is 220. The lowest BCUT2D eigenvalue weighted by atomic mass is 9.79. The fourth-order valence-electron chi connectivity index (χ4n) is 1.44. The van der Waals surface area contributed by atoms with Gasteiger partial charge in [-0.2, -0.15) is 0 Å². The molecule has 1 atom stereocenters. The van der Waals surface area contributed by atoms with Gasteiger partial charge in [0, 0.05) is 19.5 Å². The van der Waals surface area contributed by atoms with Crippen molar-refractivity contribution in [2.75, 3.05) is 20.2 Å². The number of hydrogen-bond acceptors (Lipinski definition) is 3. The van der Waals surface area contributed by atoms with Gasteiger partial charge in [-0.15, -0.1) is 0 Å². The van der Waals surface area contributed by atoms with Crippen molar-refractivity contribution in [3.63, 3.8) is 0 Å². The number of nitrogens with one attached hydrogen (secondary N) is 1. The van der Waals surface area contributed by atoms with E-state index in [0.717, 1.165) is 7.11 Å². The minimum atomic E-state index is -2.98. The molecular weight excluding hydrogens is 180 g/mol. The fraction of sp³-hybridized carbons (Fsp3) is 0.875. The van der Waals surface area contributed by atoms with E-state index < -0.39 is 17.3 Å². The third kappa shape index (κ3) is 1.52. The molecule has 76 valence electrons. The number of carbonyl (C=O) groups excluding carboxylic acids is 1. The average Bonchev–Trinajstić information content (AvgIpc) is 2.08. The highest BCUT2D eigenvalue weighted by Crippen LogP contribution is 2.41. The number of methoxy groups -OCH3 is 1. The van der Waals surface area contributed by atoms with Crippen molar-refractivity contribution in [2.45, 2.75) is 19.3 Å². The Hall–Kier alpha value is -0.710. The molecule has 0 amide bonds. The molecule has 0 aromatic carbocycles. The average molecular weight is 193 g/mol. The molecule has 5 heteroatoms. The predicted octanol–water partition coefficient (Wildman–Crippen LogP) is 0.794. The van der Waals surface area contributed by atoms with Crippen molar-refractivity contribution in [2.24, 2.45) is 5.41 Å². The highest BCUT2D eigenvalue weighted by Gasteiger charge is 2.57. The first-order chi connectivity index (χ1) is 5.94. The van der Waals surface area contributed by atoms with Gasteiger partial charge in [-0.1, -0.05) is 0 Å². The molecule has 13 heavy (non-hydrogen) atoms.